The highest BCUT2D eigenvalue weighted by Crippen LogP contribution is 2.29. The van der Waals surface area contributed by atoms with Crippen molar-refractivity contribution in [3.8, 4) is 5.75 Å². The molecule has 29 heavy (non-hydrogen) atoms. The molecule has 0 unspecified atom stereocenters. The Morgan fingerprint density at radius 1 is 1.17 bits per heavy atom. The fourth-order valence-electron chi connectivity index (χ4n) is 3.37. The summed E-state index contributed by atoms with van der Waals surface area (Å²) < 4.78 is 12.5. The second kappa shape index (κ2) is 8.17. The quantitative estimate of drug-likeness (QED) is 0.595. The molecule has 0 fully saturated rings. The van der Waals surface area contributed by atoms with E-state index >= 15 is 0 Å². The number of rotatable bonds is 6. The number of aryl methyl sites for hydroxylation is 1. The molecule has 0 saturated carbocycles. The number of ether oxygens (including phenoxy) is 2. The molecule has 0 aliphatic carbocycles. The maximum atomic E-state index is 11.6. The second-order valence-electron chi connectivity index (χ2n) is 6.91. The highest BCUT2D eigenvalue weighted by Gasteiger charge is 2.17. The number of aromatic carboxylic acids is 1. The molecule has 0 spiro atoms. The Morgan fingerprint density at radius 3 is 2.55 bits per heavy atom. The Hall–Kier alpha value is -2.99. The van der Waals surface area contributed by atoms with Crippen LogP contribution in [0.3, 0.4) is 0 Å². The lowest BCUT2D eigenvalue weighted by Gasteiger charge is -2.15. The third kappa shape index (κ3) is 4.22. The molecule has 0 aliphatic heterocycles. The van der Waals surface area contributed by atoms with Gasteiger partial charge in [0.25, 0.3) is 0 Å². The number of carboxylic acid groups (broad SMARTS) is 1. The molecule has 2 aromatic carbocycles. The number of methoxy groups -OCH3 is 1. The van der Waals surface area contributed by atoms with E-state index in [-0.39, 0.29) is 5.56 Å². The summed E-state index contributed by atoms with van der Waals surface area (Å²) in [5.74, 6) is -0.943. The van der Waals surface area contributed by atoms with E-state index in [9.17, 15) is 14.7 Å². The number of benzene rings is 2. The zero-order valence-corrected chi connectivity index (χ0v) is 17.4. The van der Waals surface area contributed by atoms with Gasteiger partial charge >= 0.3 is 11.9 Å². The van der Waals surface area contributed by atoms with Crippen LogP contribution >= 0.6 is 11.6 Å². The molecule has 1 atom stereocenters. The number of aromatic nitrogens is 1. The van der Waals surface area contributed by atoms with Gasteiger partial charge in [-0.3, -0.25) is 0 Å². The molecule has 1 N–H and O–H groups in total. The molecule has 0 radical (unpaired) electrons. The molecule has 0 amide bonds. The van der Waals surface area contributed by atoms with Crippen LogP contribution in [0.4, 0.5) is 0 Å². The summed E-state index contributed by atoms with van der Waals surface area (Å²) in [7, 11) is 1.31. The number of hydrogen-bond donors (Lipinski definition) is 1. The second-order valence-corrected chi connectivity index (χ2v) is 7.35. The van der Waals surface area contributed by atoms with Gasteiger partial charge in [-0.25, -0.2) is 9.59 Å². The molecule has 7 heteroatoms. The molecule has 1 aromatic heterocycles. The van der Waals surface area contributed by atoms with Gasteiger partial charge in [0, 0.05) is 28.2 Å². The molecule has 1 heterocycles. The van der Waals surface area contributed by atoms with Gasteiger partial charge in [-0.1, -0.05) is 11.6 Å². The lowest BCUT2D eigenvalue weighted by molar-refractivity contribution is -0.147. The van der Waals surface area contributed by atoms with E-state index in [1.165, 1.54) is 7.11 Å². The fourth-order valence-corrected chi connectivity index (χ4v) is 3.62. The number of nitrogens with zero attached hydrogens (tertiary/aromatic N) is 1. The summed E-state index contributed by atoms with van der Waals surface area (Å²) in [4.78, 5) is 22.9. The maximum Gasteiger partial charge on any atom is 0.346 e. The van der Waals surface area contributed by atoms with Crippen LogP contribution in [0.25, 0.3) is 10.9 Å². The standard InChI is InChI=1S/C22H22ClNO5/c1-12-13(2)24(20-6-5-16(21(25)26)9-19(12)20)11-15-7-17(23)10-18(8-15)29-14(3)22(27)28-4/h5-10,14H,11H2,1-4H3,(H,25,26)/t14-/m1/s1. The summed E-state index contributed by atoms with van der Waals surface area (Å²) in [6.07, 6.45) is -0.753. The first-order valence-corrected chi connectivity index (χ1v) is 9.45. The minimum absolute atomic E-state index is 0.257. The van der Waals surface area contributed by atoms with Gasteiger partial charge in [-0.05, 0) is 68.3 Å². The first kappa shape index (κ1) is 20.7. The van der Waals surface area contributed by atoms with Crippen molar-refractivity contribution >= 4 is 34.4 Å². The average molecular weight is 416 g/mol. The number of halogens is 1. The van der Waals surface area contributed by atoms with Gasteiger partial charge in [0.15, 0.2) is 6.10 Å². The Kier molecular flexibility index (Phi) is 5.84. The summed E-state index contributed by atoms with van der Waals surface area (Å²) in [6.45, 7) is 6.10. The largest absolute Gasteiger partial charge is 0.479 e. The molecule has 0 bridgehead atoms. The molecule has 3 aromatic rings. The van der Waals surface area contributed by atoms with Crippen LogP contribution in [0.15, 0.2) is 36.4 Å². The number of fused-ring (bicyclic) bond motifs is 1. The molecule has 3 rings (SSSR count). The Bertz CT molecular complexity index is 1100. The van der Waals surface area contributed by atoms with Gasteiger partial charge < -0.3 is 19.1 Å². The first-order valence-electron chi connectivity index (χ1n) is 9.08. The highest BCUT2D eigenvalue weighted by molar-refractivity contribution is 6.30. The van der Waals surface area contributed by atoms with Crippen molar-refractivity contribution in [3.05, 3.63) is 63.8 Å². The molecular formula is C22H22ClNO5. The van der Waals surface area contributed by atoms with E-state index in [0.29, 0.717) is 17.3 Å². The van der Waals surface area contributed by atoms with E-state index in [1.54, 1.807) is 25.1 Å². The smallest absolute Gasteiger partial charge is 0.346 e. The number of hydrogen-bond acceptors (Lipinski definition) is 4. The van der Waals surface area contributed by atoms with Gasteiger partial charge in [-0.2, -0.15) is 0 Å². The summed E-state index contributed by atoms with van der Waals surface area (Å²) in [5.41, 5.74) is 4.16. The first-order chi connectivity index (χ1) is 13.7. The van der Waals surface area contributed by atoms with Crippen molar-refractivity contribution in [2.24, 2.45) is 0 Å². The third-order valence-corrected chi connectivity index (χ3v) is 5.22. The van der Waals surface area contributed by atoms with Crippen molar-refractivity contribution in [2.45, 2.75) is 33.4 Å². The predicted molar refractivity (Wildman–Crippen MR) is 111 cm³/mol. The summed E-state index contributed by atoms with van der Waals surface area (Å²) in [5, 5.41) is 10.7. The lowest BCUT2D eigenvalue weighted by Crippen LogP contribution is -2.24. The number of carbonyl (C=O) groups is 2. The number of esters is 1. The number of carboxylic acids is 1. The molecule has 0 aliphatic rings. The van der Waals surface area contributed by atoms with E-state index < -0.39 is 18.0 Å². The summed E-state index contributed by atoms with van der Waals surface area (Å²) >= 11 is 6.26. The van der Waals surface area contributed by atoms with Crippen molar-refractivity contribution in [2.75, 3.05) is 7.11 Å². The zero-order chi connectivity index (χ0) is 21.3. The predicted octanol–water partition coefficient (Wildman–Crippen LogP) is 4.60. The number of carbonyl (C=O) groups excluding carboxylic acids is 1. The van der Waals surface area contributed by atoms with E-state index in [4.69, 9.17) is 21.1 Å². The molecule has 0 saturated heterocycles. The Balaban J connectivity index is 1.98. The summed E-state index contributed by atoms with van der Waals surface area (Å²) in [6, 6.07) is 10.4. The Labute approximate surface area is 173 Å². The van der Waals surface area contributed by atoms with Crippen LogP contribution in [-0.4, -0.2) is 34.8 Å². The van der Waals surface area contributed by atoms with E-state index in [1.807, 2.05) is 32.0 Å². The zero-order valence-electron chi connectivity index (χ0n) is 16.7. The van der Waals surface area contributed by atoms with Crippen molar-refractivity contribution in [3.63, 3.8) is 0 Å². The normalized spacial score (nSPS) is 12.0. The van der Waals surface area contributed by atoms with Crippen LogP contribution in [0, 0.1) is 13.8 Å². The van der Waals surface area contributed by atoms with Crippen molar-refractivity contribution in [1.29, 1.82) is 0 Å². The van der Waals surface area contributed by atoms with E-state index in [0.717, 1.165) is 27.7 Å². The van der Waals surface area contributed by atoms with Gasteiger partial charge in [0.1, 0.15) is 5.75 Å². The van der Waals surface area contributed by atoms with Crippen molar-refractivity contribution in [1.82, 2.24) is 4.57 Å². The minimum Gasteiger partial charge on any atom is -0.479 e. The SMILES string of the molecule is COC(=O)[C@@H](C)Oc1cc(Cl)cc(Cn2c(C)c(C)c3cc(C(=O)O)ccc32)c1. The molecule has 6 nitrogen and oxygen atoms in total. The van der Waals surface area contributed by atoms with Crippen LogP contribution in [0.5, 0.6) is 5.75 Å². The minimum atomic E-state index is -0.951. The van der Waals surface area contributed by atoms with Gasteiger partial charge in [0.2, 0.25) is 0 Å². The average Bonchev–Trinajstić information content (AvgIpc) is 2.91. The third-order valence-electron chi connectivity index (χ3n) is 5.00. The van der Waals surface area contributed by atoms with Crippen LogP contribution < -0.4 is 4.74 Å². The molecular weight excluding hydrogens is 394 g/mol. The molecule has 152 valence electrons. The van der Waals surface area contributed by atoms with Crippen LogP contribution in [-0.2, 0) is 16.1 Å². The van der Waals surface area contributed by atoms with E-state index in [2.05, 4.69) is 4.57 Å². The van der Waals surface area contributed by atoms with Gasteiger partial charge in [0.05, 0.1) is 12.7 Å². The maximum absolute atomic E-state index is 11.6. The van der Waals surface area contributed by atoms with Crippen molar-refractivity contribution < 1.29 is 24.2 Å². The topological polar surface area (TPSA) is 77.8 Å². The van der Waals surface area contributed by atoms with Gasteiger partial charge in [-0.15, -0.1) is 0 Å². The van der Waals surface area contributed by atoms with Crippen LogP contribution in [0.2, 0.25) is 5.02 Å². The Morgan fingerprint density at radius 2 is 1.90 bits per heavy atom. The monoisotopic (exact) mass is 415 g/mol. The fraction of sp³-hybridized carbons (Fsp3) is 0.273. The lowest BCUT2D eigenvalue weighted by atomic mass is 10.1. The van der Waals surface area contributed by atoms with Crippen LogP contribution in [0.1, 0.15) is 34.1 Å². The highest BCUT2D eigenvalue weighted by atomic mass is 35.5.